The van der Waals surface area contributed by atoms with E-state index in [1.54, 1.807) is 4.90 Å². The zero-order chi connectivity index (χ0) is 18.3. The number of hydrogen-bond donors (Lipinski definition) is 1. The third-order valence-corrected chi connectivity index (χ3v) is 5.91. The van der Waals surface area contributed by atoms with E-state index in [1.807, 2.05) is 4.90 Å². The summed E-state index contributed by atoms with van der Waals surface area (Å²) in [5, 5.41) is 0. The predicted octanol–water partition coefficient (Wildman–Crippen LogP) is -0.212. The summed E-state index contributed by atoms with van der Waals surface area (Å²) in [5.74, 6) is 0.677. The molecule has 1 saturated carbocycles. The lowest BCUT2D eigenvalue weighted by atomic mass is 9.78. The first-order valence-electron chi connectivity index (χ1n) is 9.34. The molecule has 0 aromatic carbocycles. The molecule has 1 unspecified atom stereocenters. The summed E-state index contributed by atoms with van der Waals surface area (Å²) in [6.07, 6.45) is 6.27. The third kappa shape index (κ3) is 3.20. The smallest absolute Gasteiger partial charge is 0.328 e. The van der Waals surface area contributed by atoms with Crippen LogP contribution in [0.15, 0.2) is 21.9 Å². The van der Waals surface area contributed by atoms with Crippen LogP contribution in [-0.2, 0) is 16.1 Å². The number of aromatic amines is 1. The van der Waals surface area contributed by atoms with Gasteiger partial charge >= 0.3 is 5.69 Å². The van der Waals surface area contributed by atoms with E-state index >= 15 is 0 Å². The summed E-state index contributed by atoms with van der Waals surface area (Å²) in [6.45, 7) is 2.55. The highest BCUT2D eigenvalue weighted by molar-refractivity contribution is 5.86. The molecule has 0 bridgehead atoms. The molecular weight excluding hydrogens is 336 g/mol. The molecule has 1 N–H and O–H groups in total. The van der Waals surface area contributed by atoms with Crippen LogP contribution in [0.2, 0.25) is 0 Å². The molecule has 1 aliphatic carbocycles. The van der Waals surface area contributed by atoms with Gasteiger partial charge in [-0.05, 0) is 38.0 Å². The highest BCUT2D eigenvalue weighted by Gasteiger charge is 2.49. The molecular formula is C18H24N4O4. The first kappa shape index (κ1) is 17.1. The van der Waals surface area contributed by atoms with E-state index < -0.39 is 16.7 Å². The minimum atomic E-state index is -0.593. The van der Waals surface area contributed by atoms with Gasteiger partial charge in [0.15, 0.2) is 0 Å². The van der Waals surface area contributed by atoms with Gasteiger partial charge in [0.2, 0.25) is 11.8 Å². The van der Waals surface area contributed by atoms with Crippen molar-refractivity contribution in [2.24, 2.45) is 11.3 Å². The summed E-state index contributed by atoms with van der Waals surface area (Å²) < 4.78 is 1.19. The van der Waals surface area contributed by atoms with Crippen molar-refractivity contribution in [1.29, 1.82) is 0 Å². The number of rotatable bonds is 4. The highest BCUT2D eigenvalue weighted by Crippen LogP contribution is 2.41. The Bertz CT molecular complexity index is 840. The van der Waals surface area contributed by atoms with Crippen molar-refractivity contribution in [1.82, 2.24) is 19.4 Å². The molecule has 1 spiro atoms. The lowest BCUT2D eigenvalue weighted by molar-refractivity contribution is -0.146. The van der Waals surface area contributed by atoms with E-state index in [1.165, 1.54) is 29.7 Å². The normalized spacial score (nSPS) is 25.9. The van der Waals surface area contributed by atoms with Gasteiger partial charge in [-0.15, -0.1) is 0 Å². The van der Waals surface area contributed by atoms with Gasteiger partial charge in [-0.1, -0.05) is 0 Å². The summed E-state index contributed by atoms with van der Waals surface area (Å²) in [7, 11) is 0. The van der Waals surface area contributed by atoms with Gasteiger partial charge < -0.3 is 9.80 Å². The first-order chi connectivity index (χ1) is 12.5. The van der Waals surface area contributed by atoms with Crippen LogP contribution in [0.5, 0.6) is 0 Å². The number of piperidine rings is 1. The largest absolute Gasteiger partial charge is 0.342 e. The topological polar surface area (TPSA) is 95.5 Å². The fourth-order valence-corrected chi connectivity index (χ4v) is 4.22. The number of nitrogens with zero attached hydrogens (tertiary/aromatic N) is 3. The molecule has 8 heteroatoms. The SMILES string of the molecule is O=C(Cn1ccc(=O)[nH]c1=O)N1CCC2(CCCN(CC3CC3)C2=O)C1. The molecule has 4 rings (SSSR count). The van der Waals surface area contributed by atoms with Crippen LogP contribution in [0, 0.1) is 11.3 Å². The number of nitrogens with one attached hydrogen (secondary N) is 1. The second kappa shape index (κ2) is 6.41. The molecule has 1 aromatic heterocycles. The van der Waals surface area contributed by atoms with Crippen molar-refractivity contribution in [3.8, 4) is 0 Å². The van der Waals surface area contributed by atoms with Crippen molar-refractivity contribution in [2.75, 3.05) is 26.2 Å². The fourth-order valence-electron chi connectivity index (χ4n) is 4.22. The number of amides is 2. The van der Waals surface area contributed by atoms with Crippen LogP contribution >= 0.6 is 0 Å². The van der Waals surface area contributed by atoms with E-state index in [0.717, 1.165) is 25.9 Å². The van der Waals surface area contributed by atoms with Crippen LogP contribution in [0.3, 0.4) is 0 Å². The fraction of sp³-hybridized carbons (Fsp3) is 0.667. The molecule has 3 fully saturated rings. The summed E-state index contributed by atoms with van der Waals surface area (Å²) >= 11 is 0. The average Bonchev–Trinajstić information content (AvgIpc) is 3.32. The van der Waals surface area contributed by atoms with Gasteiger partial charge in [0.1, 0.15) is 6.54 Å². The monoisotopic (exact) mass is 360 g/mol. The molecule has 140 valence electrons. The summed E-state index contributed by atoms with van der Waals surface area (Å²) in [6, 6.07) is 1.22. The van der Waals surface area contributed by atoms with Crippen molar-refractivity contribution >= 4 is 11.8 Å². The minimum absolute atomic E-state index is 0.119. The molecule has 3 aliphatic rings. The number of hydrogen-bond acceptors (Lipinski definition) is 4. The Hall–Kier alpha value is -2.38. The van der Waals surface area contributed by atoms with E-state index in [-0.39, 0.29) is 18.4 Å². The third-order valence-electron chi connectivity index (χ3n) is 5.91. The van der Waals surface area contributed by atoms with Crippen LogP contribution < -0.4 is 11.2 Å². The lowest BCUT2D eigenvalue weighted by Gasteiger charge is -2.39. The van der Waals surface area contributed by atoms with Crippen LogP contribution in [-0.4, -0.2) is 57.3 Å². The Balaban J connectivity index is 1.43. The molecule has 2 amide bonds. The van der Waals surface area contributed by atoms with E-state index in [0.29, 0.717) is 25.4 Å². The number of carbonyl (C=O) groups excluding carboxylic acids is 2. The van der Waals surface area contributed by atoms with Crippen molar-refractivity contribution in [3.63, 3.8) is 0 Å². The highest BCUT2D eigenvalue weighted by atomic mass is 16.2. The van der Waals surface area contributed by atoms with Gasteiger partial charge in [-0.3, -0.25) is 23.9 Å². The van der Waals surface area contributed by atoms with Crippen LogP contribution in [0.25, 0.3) is 0 Å². The molecule has 3 heterocycles. The number of likely N-dealkylation sites (tertiary alicyclic amines) is 2. The Morgan fingerprint density at radius 1 is 1.19 bits per heavy atom. The van der Waals surface area contributed by atoms with Gasteiger partial charge in [0.05, 0.1) is 5.41 Å². The second-order valence-corrected chi connectivity index (χ2v) is 7.88. The number of H-pyrrole nitrogens is 1. The Kier molecular flexibility index (Phi) is 4.20. The Labute approximate surface area is 150 Å². The molecule has 26 heavy (non-hydrogen) atoms. The van der Waals surface area contributed by atoms with Crippen molar-refractivity contribution in [3.05, 3.63) is 33.1 Å². The molecule has 2 saturated heterocycles. The predicted molar refractivity (Wildman–Crippen MR) is 93.5 cm³/mol. The van der Waals surface area contributed by atoms with Crippen molar-refractivity contribution < 1.29 is 9.59 Å². The first-order valence-corrected chi connectivity index (χ1v) is 9.34. The molecule has 0 radical (unpaired) electrons. The van der Waals surface area contributed by atoms with Crippen LogP contribution in [0.1, 0.15) is 32.1 Å². The van der Waals surface area contributed by atoms with E-state index in [2.05, 4.69) is 4.98 Å². The molecule has 1 aromatic rings. The summed E-state index contributed by atoms with van der Waals surface area (Å²) in [4.78, 5) is 54.4. The molecule has 8 nitrogen and oxygen atoms in total. The maximum absolute atomic E-state index is 13.0. The Morgan fingerprint density at radius 2 is 2.00 bits per heavy atom. The molecule has 1 atom stereocenters. The van der Waals surface area contributed by atoms with Gasteiger partial charge in [-0.25, -0.2) is 4.79 Å². The second-order valence-electron chi connectivity index (χ2n) is 7.88. The van der Waals surface area contributed by atoms with E-state index in [9.17, 15) is 19.2 Å². The zero-order valence-electron chi connectivity index (χ0n) is 14.8. The molecule has 2 aliphatic heterocycles. The van der Waals surface area contributed by atoms with Crippen LogP contribution in [0.4, 0.5) is 0 Å². The number of carbonyl (C=O) groups is 2. The quantitative estimate of drug-likeness (QED) is 0.804. The maximum Gasteiger partial charge on any atom is 0.328 e. The standard InChI is InChI=1S/C18H24N4O4/c23-14-4-8-21(17(26)19-14)11-15(24)22-9-6-18(12-22)5-1-7-20(16(18)25)10-13-2-3-13/h4,8,13H,1-3,5-7,9-12H2,(H,19,23,26). The maximum atomic E-state index is 13.0. The Morgan fingerprint density at radius 3 is 2.73 bits per heavy atom. The minimum Gasteiger partial charge on any atom is -0.342 e. The lowest BCUT2D eigenvalue weighted by Crippen LogP contribution is -2.51. The zero-order valence-corrected chi connectivity index (χ0v) is 14.8. The summed E-state index contributed by atoms with van der Waals surface area (Å²) in [5.41, 5.74) is -1.52. The van der Waals surface area contributed by atoms with Gasteiger partial charge in [-0.2, -0.15) is 0 Å². The number of aromatic nitrogens is 2. The van der Waals surface area contributed by atoms with Gasteiger partial charge in [0.25, 0.3) is 5.56 Å². The van der Waals surface area contributed by atoms with Gasteiger partial charge in [0, 0.05) is 38.4 Å². The van der Waals surface area contributed by atoms with E-state index in [4.69, 9.17) is 0 Å². The average molecular weight is 360 g/mol. The van der Waals surface area contributed by atoms with Crippen molar-refractivity contribution in [2.45, 2.75) is 38.6 Å².